The zero-order chi connectivity index (χ0) is 17.2. The highest BCUT2D eigenvalue weighted by molar-refractivity contribution is 5.66. The smallest absolute Gasteiger partial charge is 0.259 e. The summed E-state index contributed by atoms with van der Waals surface area (Å²) in [4.78, 5) is 4.53. The first-order chi connectivity index (χ1) is 12.2. The Balaban J connectivity index is 1.67. The topological polar surface area (TPSA) is 73.9 Å². The quantitative estimate of drug-likeness (QED) is 0.713. The molecule has 1 aliphatic rings. The number of ether oxygens (including phenoxy) is 1. The first-order valence-electron chi connectivity index (χ1n) is 8.60. The Morgan fingerprint density at radius 1 is 1.12 bits per heavy atom. The molecule has 0 radical (unpaired) electrons. The molecule has 2 aromatic heterocycles. The molecule has 128 valence electrons. The molecular weight excluding hydrogens is 316 g/mol. The monoisotopic (exact) mass is 336 g/mol. The van der Waals surface area contributed by atoms with Crippen molar-refractivity contribution in [2.45, 2.75) is 45.6 Å². The summed E-state index contributed by atoms with van der Waals surface area (Å²) in [6.07, 6.45) is 6.56. The van der Waals surface area contributed by atoms with Crippen molar-refractivity contribution in [2.24, 2.45) is 0 Å². The van der Waals surface area contributed by atoms with Gasteiger partial charge in [-0.3, -0.25) is 0 Å². The molecule has 0 bridgehead atoms. The molecule has 1 saturated carbocycles. The van der Waals surface area contributed by atoms with E-state index in [4.69, 9.17) is 9.26 Å². The second-order valence-corrected chi connectivity index (χ2v) is 6.53. The van der Waals surface area contributed by atoms with E-state index in [-0.39, 0.29) is 6.10 Å². The largest absolute Gasteiger partial charge is 0.490 e. The van der Waals surface area contributed by atoms with E-state index in [0.29, 0.717) is 11.7 Å². The molecule has 0 atom stereocenters. The maximum absolute atomic E-state index is 6.23. The van der Waals surface area contributed by atoms with Crippen molar-refractivity contribution in [3.05, 3.63) is 41.7 Å². The van der Waals surface area contributed by atoms with Gasteiger partial charge in [-0.15, -0.1) is 0 Å². The molecule has 2 heterocycles. The van der Waals surface area contributed by atoms with Crippen LogP contribution in [0.4, 0.5) is 0 Å². The van der Waals surface area contributed by atoms with Gasteiger partial charge in [0.25, 0.3) is 5.89 Å². The summed E-state index contributed by atoms with van der Waals surface area (Å²) in [7, 11) is 0. The molecule has 4 rings (SSSR count). The number of hydrogen-bond donors (Lipinski definition) is 0. The molecule has 0 saturated heterocycles. The number of nitrogens with zero attached hydrogens (tertiary/aromatic N) is 4. The third kappa shape index (κ3) is 3.38. The summed E-state index contributed by atoms with van der Waals surface area (Å²) in [5, 5.41) is 12.0. The SMILES string of the molecule is Cc1ccc(-c2noc(-c3cnnc(C)c3)n2)c(OC2CCCC2)c1. The summed E-state index contributed by atoms with van der Waals surface area (Å²) in [5.41, 5.74) is 3.56. The van der Waals surface area contributed by atoms with Gasteiger partial charge in [-0.05, 0) is 63.3 Å². The number of aromatic nitrogens is 4. The van der Waals surface area contributed by atoms with Crippen LogP contribution in [0.2, 0.25) is 0 Å². The molecule has 1 fully saturated rings. The molecule has 6 heteroatoms. The van der Waals surface area contributed by atoms with Crippen LogP contribution in [0, 0.1) is 13.8 Å². The van der Waals surface area contributed by atoms with Crippen LogP contribution in [0.25, 0.3) is 22.8 Å². The first kappa shape index (κ1) is 15.7. The van der Waals surface area contributed by atoms with Gasteiger partial charge in [0.1, 0.15) is 5.75 Å². The van der Waals surface area contributed by atoms with Crippen LogP contribution < -0.4 is 4.74 Å². The number of hydrogen-bond acceptors (Lipinski definition) is 6. The fourth-order valence-corrected chi connectivity index (χ4v) is 3.14. The van der Waals surface area contributed by atoms with Gasteiger partial charge in [0.2, 0.25) is 5.82 Å². The average Bonchev–Trinajstić information content (AvgIpc) is 3.27. The predicted octanol–water partition coefficient (Wildman–Crippen LogP) is 4.13. The molecule has 1 aromatic carbocycles. The van der Waals surface area contributed by atoms with Crippen LogP contribution in [0.15, 0.2) is 35.0 Å². The van der Waals surface area contributed by atoms with E-state index in [1.807, 2.05) is 31.2 Å². The van der Waals surface area contributed by atoms with Crippen molar-refractivity contribution >= 4 is 0 Å². The van der Waals surface area contributed by atoms with Gasteiger partial charge in [-0.25, -0.2) is 0 Å². The van der Waals surface area contributed by atoms with Gasteiger partial charge in [-0.2, -0.15) is 15.2 Å². The van der Waals surface area contributed by atoms with Gasteiger partial charge in [0, 0.05) is 0 Å². The lowest BCUT2D eigenvalue weighted by Gasteiger charge is -2.15. The van der Waals surface area contributed by atoms with Gasteiger partial charge >= 0.3 is 0 Å². The number of benzene rings is 1. The Labute approximate surface area is 146 Å². The minimum atomic E-state index is 0.277. The summed E-state index contributed by atoms with van der Waals surface area (Å²) >= 11 is 0. The molecule has 0 unspecified atom stereocenters. The fraction of sp³-hybridized carbons (Fsp3) is 0.368. The number of rotatable bonds is 4. The molecule has 6 nitrogen and oxygen atoms in total. The zero-order valence-electron chi connectivity index (χ0n) is 14.4. The standard InChI is InChI=1S/C19H20N4O2/c1-12-7-8-16(17(9-12)24-15-5-3-4-6-15)18-21-19(25-23-18)14-10-13(2)22-20-11-14/h7-11,15H,3-6H2,1-2H3. The van der Waals surface area contributed by atoms with Crippen LogP contribution in [0.1, 0.15) is 36.9 Å². The first-order valence-corrected chi connectivity index (χ1v) is 8.60. The molecule has 25 heavy (non-hydrogen) atoms. The Morgan fingerprint density at radius 3 is 2.76 bits per heavy atom. The summed E-state index contributed by atoms with van der Waals surface area (Å²) in [5.74, 6) is 1.78. The molecule has 0 amide bonds. The highest BCUT2D eigenvalue weighted by Crippen LogP contribution is 2.33. The van der Waals surface area contributed by atoms with Crippen molar-refractivity contribution in [2.75, 3.05) is 0 Å². The highest BCUT2D eigenvalue weighted by Gasteiger charge is 2.21. The minimum Gasteiger partial charge on any atom is -0.490 e. The summed E-state index contributed by atoms with van der Waals surface area (Å²) in [6, 6.07) is 7.94. The van der Waals surface area contributed by atoms with Crippen molar-refractivity contribution in [1.82, 2.24) is 20.3 Å². The molecule has 0 aliphatic heterocycles. The molecule has 0 N–H and O–H groups in total. The van der Waals surface area contributed by atoms with Gasteiger partial charge < -0.3 is 9.26 Å². The van der Waals surface area contributed by atoms with E-state index in [2.05, 4.69) is 27.3 Å². The average molecular weight is 336 g/mol. The van der Waals surface area contributed by atoms with Gasteiger partial charge in [-0.1, -0.05) is 11.2 Å². The van der Waals surface area contributed by atoms with E-state index >= 15 is 0 Å². The maximum Gasteiger partial charge on any atom is 0.259 e. The zero-order valence-corrected chi connectivity index (χ0v) is 14.4. The highest BCUT2D eigenvalue weighted by atomic mass is 16.5. The van der Waals surface area contributed by atoms with E-state index in [1.165, 1.54) is 12.8 Å². The summed E-state index contributed by atoms with van der Waals surface area (Å²) in [6.45, 7) is 3.93. The Hall–Kier alpha value is -2.76. The predicted molar refractivity (Wildman–Crippen MR) is 93.1 cm³/mol. The second kappa shape index (κ2) is 6.63. The lowest BCUT2D eigenvalue weighted by molar-refractivity contribution is 0.210. The lowest BCUT2D eigenvalue weighted by Crippen LogP contribution is -2.11. The van der Waals surface area contributed by atoms with Crippen molar-refractivity contribution < 1.29 is 9.26 Å². The van der Waals surface area contributed by atoms with Crippen LogP contribution in [0.3, 0.4) is 0 Å². The lowest BCUT2D eigenvalue weighted by atomic mass is 10.1. The normalized spacial score (nSPS) is 14.8. The van der Waals surface area contributed by atoms with Crippen molar-refractivity contribution in [3.8, 4) is 28.6 Å². The molecular formula is C19H20N4O2. The van der Waals surface area contributed by atoms with Gasteiger partial charge in [0.05, 0.1) is 29.1 Å². The van der Waals surface area contributed by atoms with Crippen molar-refractivity contribution in [3.63, 3.8) is 0 Å². The molecule has 1 aliphatic carbocycles. The maximum atomic E-state index is 6.23. The third-order valence-corrected chi connectivity index (χ3v) is 4.42. The Bertz CT molecular complexity index is 885. The van der Waals surface area contributed by atoms with E-state index in [1.54, 1.807) is 6.20 Å². The van der Waals surface area contributed by atoms with Crippen LogP contribution in [-0.4, -0.2) is 26.4 Å². The fourth-order valence-electron chi connectivity index (χ4n) is 3.14. The van der Waals surface area contributed by atoms with Crippen LogP contribution in [-0.2, 0) is 0 Å². The van der Waals surface area contributed by atoms with Crippen LogP contribution in [0.5, 0.6) is 5.75 Å². The molecule has 3 aromatic rings. The Morgan fingerprint density at radius 2 is 1.96 bits per heavy atom. The van der Waals surface area contributed by atoms with Crippen LogP contribution >= 0.6 is 0 Å². The van der Waals surface area contributed by atoms with E-state index in [0.717, 1.165) is 41.0 Å². The number of aryl methyl sites for hydroxylation is 2. The second-order valence-electron chi connectivity index (χ2n) is 6.53. The Kier molecular flexibility index (Phi) is 4.17. The van der Waals surface area contributed by atoms with E-state index in [9.17, 15) is 0 Å². The van der Waals surface area contributed by atoms with Crippen molar-refractivity contribution in [1.29, 1.82) is 0 Å². The minimum absolute atomic E-state index is 0.277. The third-order valence-electron chi connectivity index (χ3n) is 4.42. The van der Waals surface area contributed by atoms with E-state index < -0.39 is 0 Å². The van der Waals surface area contributed by atoms with Gasteiger partial charge in [0.15, 0.2) is 0 Å². The molecule has 0 spiro atoms. The summed E-state index contributed by atoms with van der Waals surface area (Å²) < 4.78 is 11.7.